The van der Waals surface area contributed by atoms with E-state index in [9.17, 15) is 9.90 Å². The van der Waals surface area contributed by atoms with Gasteiger partial charge in [-0.25, -0.2) is 0 Å². The molecule has 1 aromatic rings. The van der Waals surface area contributed by atoms with Crippen LogP contribution >= 0.6 is 0 Å². The number of hydrogen-bond donors (Lipinski definition) is 1. The lowest BCUT2D eigenvalue weighted by Crippen LogP contribution is -2.76. The van der Waals surface area contributed by atoms with Crippen LogP contribution in [0.5, 0.6) is 11.5 Å². The van der Waals surface area contributed by atoms with Gasteiger partial charge in [0.15, 0.2) is 23.4 Å². The van der Waals surface area contributed by atoms with Crippen molar-refractivity contribution in [3.8, 4) is 11.5 Å². The molecule has 2 aliphatic heterocycles. The van der Waals surface area contributed by atoms with E-state index in [4.69, 9.17) is 15.0 Å². The molecule has 5 heteroatoms. The number of Topliss-reactive ketones (excluding diaryl/α,β-unsaturated/α-hetero) is 1. The molecule has 2 bridgehead atoms. The van der Waals surface area contributed by atoms with Gasteiger partial charge < -0.3 is 19.5 Å². The summed E-state index contributed by atoms with van der Waals surface area (Å²) in [6.45, 7) is 0.471. The molecule has 1 unspecified atom stereocenters. The molecule has 4 atom stereocenters. The minimum absolute atomic E-state index is 0.261. The summed E-state index contributed by atoms with van der Waals surface area (Å²) < 4.78 is 45.5. The lowest BCUT2D eigenvalue weighted by Gasteiger charge is -2.62. The van der Waals surface area contributed by atoms with Crippen molar-refractivity contribution >= 4 is 5.78 Å². The Balaban J connectivity index is 1.93. The van der Waals surface area contributed by atoms with Gasteiger partial charge in [0.1, 0.15) is 0 Å². The number of likely N-dealkylation sites (N-methyl/N-ethyl adjacent to an activating group) is 1. The van der Waals surface area contributed by atoms with Gasteiger partial charge in [-0.15, -0.1) is 0 Å². The molecule has 0 aromatic heterocycles. The number of piperidine rings is 1. The van der Waals surface area contributed by atoms with E-state index in [0.717, 1.165) is 0 Å². The summed E-state index contributed by atoms with van der Waals surface area (Å²) in [5.41, 5.74) is -2.08. The molecule has 1 spiro atoms. The summed E-state index contributed by atoms with van der Waals surface area (Å²) >= 11 is 0. The third-order valence-electron chi connectivity index (χ3n) is 6.06. The maximum atomic E-state index is 13.0. The molecular weight excluding hydrogens is 294 g/mol. The molecule has 23 heavy (non-hydrogen) atoms. The van der Waals surface area contributed by atoms with Gasteiger partial charge in [0, 0.05) is 23.5 Å². The molecule has 1 saturated heterocycles. The quantitative estimate of drug-likeness (QED) is 0.838. The van der Waals surface area contributed by atoms with Crippen molar-refractivity contribution in [2.75, 3.05) is 20.7 Å². The van der Waals surface area contributed by atoms with E-state index in [-0.39, 0.29) is 5.75 Å². The third-order valence-corrected chi connectivity index (χ3v) is 6.06. The normalized spacial score (nSPS) is 47.5. The average Bonchev–Trinajstić information content (AvgIpc) is 2.91. The van der Waals surface area contributed by atoms with Crippen LogP contribution in [0.2, 0.25) is 0 Å². The Morgan fingerprint density at radius 2 is 2.30 bits per heavy atom. The minimum Gasteiger partial charge on any atom is -0.493 e. The number of ether oxygens (including phenoxy) is 2. The van der Waals surface area contributed by atoms with Gasteiger partial charge in [0.05, 0.1) is 18.1 Å². The number of methoxy groups -OCH3 is 1. The molecule has 122 valence electrons. The van der Waals surface area contributed by atoms with Crippen LogP contribution in [-0.4, -0.2) is 54.2 Å². The lowest BCUT2D eigenvalue weighted by molar-refractivity contribution is -0.185. The lowest BCUT2D eigenvalue weighted by atomic mass is 9.49. The average molecular weight is 319 g/mol. The van der Waals surface area contributed by atoms with Crippen molar-refractivity contribution in [2.45, 2.75) is 48.7 Å². The zero-order valence-electron chi connectivity index (χ0n) is 17.0. The fourth-order valence-electron chi connectivity index (χ4n) is 4.98. The van der Waals surface area contributed by atoms with Gasteiger partial charge in [-0.3, -0.25) is 4.79 Å². The van der Waals surface area contributed by atoms with Crippen molar-refractivity contribution < 1.29 is 24.9 Å². The highest BCUT2D eigenvalue weighted by Gasteiger charge is 2.72. The number of aliphatic hydroxyl groups is 1. The molecule has 1 saturated carbocycles. The molecule has 0 radical (unpaired) electrons. The van der Waals surface area contributed by atoms with Crippen LogP contribution in [0, 0.1) is 0 Å². The maximum Gasteiger partial charge on any atom is 0.174 e. The van der Waals surface area contributed by atoms with E-state index in [2.05, 4.69) is 0 Å². The molecule has 1 N–H and O–H groups in total. The Morgan fingerprint density at radius 3 is 3.09 bits per heavy atom. The van der Waals surface area contributed by atoms with Crippen LogP contribution in [0.25, 0.3) is 0 Å². The summed E-state index contributed by atoms with van der Waals surface area (Å²) in [6.07, 6.45) is -5.51. The first kappa shape index (κ1) is 10.3. The van der Waals surface area contributed by atoms with Crippen molar-refractivity contribution in [3.05, 3.63) is 23.3 Å². The van der Waals surface area contributed by atoms with E-state index < -0.39 is 48.1 Å². The van der Waals surface area contributed by atoms with Crippen LogP contribution in [0.15, 0.2) is 12.1 Å². The van der Waals surface area contributed by atoms with Crippen LogP contribution in [0.3, 0.4) is 0 Å². The van der Waals surface area contributed by atoms with Gasteiger partial charge >= 0.3 is 0 Å². The Kier molecular flexibility index (Phi) is 1.83. The number of carbonyl (C=O) groups is 1. The summed E-state index contributed by atoms with van der Waals surface area (Å²) in [7, 11) is 3.20. The van der Waals surface area contributed by atoms with Gasteiger partial charge in [-0.2, -0.15) is 0 Å². The first-order valence-corrected chi connectivity index (χ1v) is 7.88. The molecule has 2 heterocycles. The van der Waals surface area contributed by atoms with Crippen molar-refractivity contribution in [3.63, 3.8) is 0 Å². The molecule has 5 nitrogen and oxygen atoms in total. The zero-order valence-corrected chi connectivity index (χ0v) is 13.0. The van der Waals surface area contributed by atoms with Gasteiger partial charge in [-0.05, 0) is 44.4 Å². The smallest absolute Gasteiger partial charge is 0.174 e. The summed E-state index contributed by atoms with van der Waals surface area (Å²) in [5, 5.41) is 11.9. The number of ketones is 1. The number of rotatable bonds is 1. The molecule has 2 aliphatic carbocycles. The second-order valence-electron chi connectivity index (χ2n) is 6.91. The van der Waals surface area contributed by atoms with Crippen LogP contribution in [0.1, 0.15) is 35.8 Å². The second kappa shape index (κ2) is 4.08. The first-order valence-electron chi connectivity index (χ1n) is 9.88. The first-order chi connectivity index (χ1) is 12.5. The number of nitrogens with zero attached hydrogens (tertiary/aromatic N) is 1. The SMILES string of the molecule is [2H]C1([2H])C[C@@]2(O)[C@@H]3N(C)CC[C@@]24c2c(ccc(OC)c2OC4C1=O)C3([2H])[2H]. The fourth-order valence-corrected chi connectivity index (χ4v) is 4.98. The highest BCUT2D eigenvalue weighted by Crippen LogP contribution is 2.64. The Labute approximate surface area is 140 Å². The number of hydrogen-bond acceptors (Lipinski definition) is 5. The van der Waals surface area contributed by atoms with E-state index in [1.165, 1.54) is 7.11 Å². The highest BCUT2D eigenvalue weighted by molar-refractivity contribution is 5.90. The Morgan fingerprint density at radius 1 is 1.48 bits per heavy atom. The van der Waals surface area contributed by atoms with E-state index >= 15 is 0 Å². The summed E-state index contributed by atoms with van der Waals surface area (Å²) in [5.74, 6) is -0.0695. The van der Waals surface area contributed by atoms with Gasteiger partial charge in [0.2, 0.25) is 0 Å². The van der Waals surface area contributed by atoms with Gasteiger partial charge in [0.25, 0.3) is 0 Å². The number of likely N-dealkylation sites (tertiary alicyclic amines) is 1. The fraction of sp³-hybridized carbons (Fsp3) is 0.611. The van der Waals surface area contributed by atoms with Crippen LogP contribution in [-0.2, 0) is 16.6 Å². The molecule has 2 fully saturated rings. The van der Waals surface area contributed by atoms with E-state index in [0.29, 0.717) is 29.8 Å². The minimum atomic E-state index is -2.30. The van der Waals surface area contributed by atoms with Crippen molar-refractivity contribution in [1.82, 2.24) is 4.90 Å². The summed E-state index contributed by atoms with van der Waals surface area (Å²) in [6, 6.07) is 2.27. The van der Waals surface area contributed by atoms with Crippen LogP contribution < -0.4 is 9.47 Å². The topological polar surface area (TPSA) is 59.0 Å². The predicted molar refractivity (Wildman–Crippen MR) is 83.0 cm³/mol. The predicted octanol–water partition coefficient (Wildman–Crippen LogP) is 1.05. The largest absolute Gasteiger partial charge is 0.493 e. The third kappa shape index (κ3) is 1.32. The standard InChI is InChI=1S/C18H21NO4/c1-19-8-7-17-14-10-3-4-12(22-2)15(14)23-16(17)11(20)5-6-18(17,21)13(19)9-10/h3-4,13,16,21H,5-9H2,1-2H3/t13-,16?,17+,18-/m1/s1/i5D2,9D2. The van der Waals surface area contributed by atoms with E-state index in [1.54, 1.807) is 24.1 Å². The number of benzene rings is 1. The monoisotopic (exact) mass is 319 g/mol. The maximum absolute atomic E-state index is 13.0. The molecular formula is C18H21NO4. The molecule has 5 rings (SSSR count). The Hall–Kier alpha value is -1.59. The molecule has 1 aromatic carbocycles. The van der Waals surface area contributed by atoms with Crippen molar-refractivity contribution in [2.24, 2.45) is 0 Å². The van der Waals surface area contributed by atoms with E-state index in [1.807, 2.05) is 0 Å². The second-order valence-corrected chi connectivity index (χ2v) is 6.91. The Bertz CT molecular complexity index is 890. The summed E-state index contributed by atoms with van der Waals surface area (Å²) in [4.78, 5) is 14.7. The van der Waals surface area contributed by atoms with Crippen molar-refractivity contribution in [1.29, 1.82) is 0 Å². The van der Waals surface area contributed by atoms with Crippen LogP contribution in [0.4, 0.5) is 0 Å². The molecule has 0 amide bonds. The number of carbonyl (C=O) groups excluding carboxylic acids is 1. The highest BCUT2D eigenvalue weighted by atomic mass is 16.5. The zero-order chi connectivity index (χ0) is 19.6. The van der Waals surface area contributed by atoms with Gasteiger partial charge in [-0.1, -0.05) is 6.07 Å². The molecule has 4 aliphatic rings.